The minimum atomic E-state index is 0.531. The van der Waals surface area contributed by atoms with E-state index in [1.165, 1.54) is 69.5 Å². The molecule has 1 atom stereocenters. The van der Waals surface area contributed by atoms with Crippen LogP contribution in [0.25, 0.3) is 11.1 Å². The van der Waals surface area contributed by atoms with Crippen LogP contribution in [0.4, 0.5) is 0 Å². The molecule has 2 saturated carbocycles. The van der Waals surface area contributed by atoms with Crippen molar-refractivity contribution >= 4 is 14.5 Å². The van der Waals surface area contributed by atoms with Gasteiger partial charge in [0.15, 0.2) is 0 Å². The second-order valence-electron chi connectivity index (χ2n) is 12.2. The van der Waals surface area contributed by atoms with Gasteiger partial charge in [0.1, 0.15) is 0 Å². The molecule has 0 aliphatic heterocycles. The molecule has 2 fully saturated rings. The molecular formula is C33H49P. The fourth-order valence-corrected chi connectivity index (χ4v) is 8.12. The van der Waals surface area contributed by atoms with Gasteiger partial charge in [0.2, 0.25) is 0 Å². The van der Waals surface area contributed by atoms with Crippen LogP contribution in [0.2, 0.25) is 0 Å². The Kier molecular flexibility index (Phi) is 8.61. The fraction of sp³-hybridized carbons (Fsp3) is 0.636. The minimum Gasteiger partial charge on any atom is -0.105 e. The quantitative estimate of drug-likeness (QED) is 0.364. The van der Waals surface area contributed by atoms with Gasteiger partial charge in [-0.05, 0) is 99.5 Å². The zero-order chi connectivity index (χ0) is 24.4. The van der Waals surface area contributed by atoms with Crippen molar-refractivity contribution < 1.29 is 0 Å². The summed E-state index contributed by atoms with van der Waals surface area (Å²) < 4.78 is 0. The third kappa shape index (κ3) is 5.05. The summed E-state index contributed by atoms with van der Waals surface area (Å²) in [6, 6.07) is 9.55. The van der Waals surface area contributed by atoms with E-state index in [1.54, 1.807) is 38.9 Å². The first kappa shape index (κ1) is 25.9. The molecule has 0 saturated heterocycles. The van der Waals surface area contributed by atoms with Gasteiger partial charge in [-0.1, -0.05) is 104 Å². The van der Waals surface area contributed by atoms with Gasteiger partial charge in [-0.3, -0.25) is 0 Å². The molecule has 34 heavy (non-hydrogen) atoms. The summed E-state index contributed by atoms with van der Waals surface area (Å²) in [5, 5.41) is 1.51. The minimum absolute atomic E-state index is 0.531. The molecular weight excluding hydrogens is 427 g/mol. The Bertz CT molecular complexity index is 969. The van der Waals surface area contributed by atoms with Crippen molar-refractivity contribution in [3.8, 4) is 11.1 Å². The second kappa shape index (κ2) is 11.3. The van der Waals surface area contributed by atoms with Gasteiger partial charge in [-0.15, -0.1) is 9.24 Å². The van der Waals surface area contributed by atoms with Gasteiger partial charge in [-0.25, -0.2) is 0 Å². The Balaban J connectivity index is 2.08. The molecule has 0 heterocycles. The van der Waals surface area contributed by atoms with Crippen molar-refractivity contribution in [2.45, 2.75) is 135 Å². The van der Waals surface area contributed by atoms with Crippen LogP contribution >= 0.6 is 9.24 Å². The van der Waals surface area contributed by atoms with E-state index in [9.17, 15) is 0 Å². The summed E-state index contributed by atoms with van der Waals surface area (Å²) in [6.45, 7) is 14.6. The molecule has 0 nitrogen and oxygen atoms in total. The molecule has 0 bridgehead atoms. The maximum Gasteiger partial charge on any atom is -0.00686 e. The molecule has 0 radical (unpaired) electrons. The van der Waals surface area contributed by atoms with Crippen LogP contribution in [-0.4, -0.2) is 0 Å². The molecule has 0 amide bonds. The molecule has 1 unspecified atom stereocenters. The van der Waals surface area contributed by atoms with Crippen LogP contribution in [0, 0.1) is 0 Å². The summed E-state index contributed by atoms with van der Waals surface area (Å²) in [5.41, 5.74) is 11.5. The van der Waals surface area contributed by atoms with E-state index in [2.05, 4.69) is 75.0 Å². The van der Waals surface area contributed by atoms with Crippen molar-refractivity contribution in [3.05, 3.63) is 52.1 Å². The van der Waals surface area contributed by atoms with Gasteiger partial charge in [0.05, 0.1) is 0 Å². The summed E-state index contributed by atoms with van der Waals surface area (Å²) in [7, 11) is 3.29. The van der Waals surface area contributed by atoms with Crippen LogP contribution in [-0.2, 0) is 0 Å². The van der Waals surface area contributed by atoms with Crippen molar-refractivity contribution in [2.75, 3.05) is 0 Å². The topological polar surface area (TPSA) is 0 Å². The SMILES string of the molecule is CC(C)c1c(P)c(-c2ccccc2C2CCCCC2)c(C2CCCCC2)c(C(C)C)c1C(C)C. The molecule has 0 spiro atoms. The zero-order valence-corrected chi connectivity index (χ0v) is 24.0. The Labute approximate surface area is 212 Å². The molecule has 4 rings (SSSR count). The van der Waals surface area contributed by atoms with E-state index in [4.69, 9.17) is 0 Å². The number of hydrogen-bond donors (Lipinski definition) is 0. The highest BCUT2D eigenvalue weighted by Crippen LogP contribution is 2.49. The molecule has 2 aromatic rings. The highest BCUT2D eigenvalue weighted by Gasteiger charge is 2.32. The summed E-state index contributed by atoms with van der Waals surface area (Å²) in [6.07, 6.45) is 13.8. The van der Waals surface area contributed by atoms with Crippen molar-refractivity contribution in [2.24, 2.45) is 0 Å². The second-order valence-corrected chi connectivity index (χ2v) is 12.7. The first-order chi connectivity index (χ1) is 16.3. The van der Waals surface area contributed by atoms with E-state index in [-0.39, 0.29) is 0 Å². The third-order valence-electron chi connectivity index (χ3n) is 8.72. The standard InChI is InChI=1S/C33H49P/c1-21(2)28-29(22(3)4)31(25-17-11-8-12-18-25)32(33(34)30(28)23(5)6)27-20-14-13-19-26(27)24-15-9-7-10-16-24/h13-14,19-25H,7-12,15-18,34H2,1-6H3. The maximum absolute atomic E-state index is 3.29. The van der Waals surface area contributed by atoms with E-state index in [1.807, 2.05) is 0 Å². The fourth-order valence-electron chi connectivity index (χ4n) is 7.32. The molecule has 2 aromatic carbocycles. The number of rotatable bonds is 6. The summed E-state index contributed by atoms with van der Waals surface area (Å²) in [5.74, 6) is 3.07. The van der Waals surface area contributed by atoms with E-state index in [0.717, 1.165) is 5.92 Å². The maximum atomic E-state index is 3.29. The highest BCUT2D eigenvalue weighted by molar-refractivity contribution is 7.28. The Morgan fingerprint density at radius 2 is 1.12 bits per heavy atom. The molecule has 0 N–H and O–H groups in total. The molecule has 2 aliphatic rings. The van der Waals surface area contributed by atoms with Crippen LogP contribution < -0.4 is 5.30 Å². The first-order valence-corrected chi connectivity index (χ1v) is 15.0. The van der Waals surface area contributed by atoms with E-state index >= 15 is 0 Å². The molecule has 186 valence electrons. The number of benzene rings is 2. The average Bonchev–Trinajstić information content (AvgIpc) is 2.83. The highest BCUT2D eigenvalue weighted by atomic mass is 31.0. The van der Waals surface area contributed by atoms with E-state index < -0.39 is 0 Å². The predicted octanol–water partition coefficient (Wildman–Crippen LogP) is 10.3. The largest absolute Gasteiger partial charge is 0.105 e. The smallest absolute Gasteiger partial charge is 0.00686 e. The lowest BCUT2D eigenvalue weighted by molar-refractivity contribution is 0.439. The van der Waals surface area contributed by atoms with Crippen LogP contribution in [0.5, 0.6) is 0 Å². The molecule has 2 aliphatic carbocycles. The van der Waals surface area contributed by atoms with Crippen LogP contribution in [0.3, 0.4) is 0 Å². The summed E-state index contributed by atoms with van der Waals surface area (Å²) in [4.78, 5) is 0. The van der Waals surface area contributed by atoms with Gasteiger partial charge in [0.25, 0.3) is 0 Å². The average molecular weight is 477 g/mol. The third-order valence-corrected chi connectivity index (χ3v) is 9.32. The van der Waals surface area contributed by atoms with Crippen molar-refractivity contribution in [1.29, 1.82) is 0 Å². The predicted molar refractivity (Wildman–Crippen MR) is 155 cm³/mol. The normalized spacial score (nSPS) is 18.4. The molecule has 0 aromatic heterocycles. The first-order valence-electron chi connectivity index (χ1n) is 14.4. The lowest BCUT2D eigenvalue weighted by atomic mass is 9.70. The van der Waals surface area contributed by atoms with Gasteiger partial charge >= 0.3 is 0 Å². The Hall–Kier alpha value is -1.13. The van der Waals surface area contributed by atoms with Crippen LogP contribution in [0.1, 0.15) is 163 Å². The Morgan fingerprint density at radius 3 is 1.65 bits per heavy atom. The van der Waals surface area contributed by atoms with E-state index in [0.29, 0.717) is 23.7 Å². The zero-order valence-electron chi connectivity index (χ0n) is 22.8. The number of hydrogen-bond acceptors (Lipinski definition) is 0. The molecule has 1 heteroatoms. The Morgan fingerprint density at radius 1 is 0.618 bits per heavy atom. The monoisotopic (exact) mass is 476 g/mol. The lowest BCUT2D eigenvalue weighted by Crippen LogP contribution is -2.23. The van der Waals surface area contributed by atoms with Gasteiger partial charge in [0, 0.05) is 0 Å². The lowest BCUT2D eigenvalue weighted by Gasteiger charge is -2.36. The van der Waals surface area contributed by atoms with Gasteiger partial charge in [-0.2, -0.15) is 0 Å². The van der Waals surface area contributed by atoms with Crippen LogP contribution in [0.15, 0.2) is 24.3 Å². The van der Waals surface area contributed by atoms with Gasteiger partial charge < -0.3 is 0 Å². The summed E-state index contributed by atoms with van der Waals surface area (Å²) >= 11 is 0. The van der Waals surface area contributed by atoms with Crippen molar-refractivity contribution in [1.82, 2.24) is 0 Å². The van der Waals surface area contributed by atoms with Crippen molar-refractivity contribution in [3.63, 3.8) is 0 Å².